The fourth-order valence-electron chi connectivity index (χ4n) is 2.89. The first-order valence-electron chi connectivity index (χ1n) is 7.48. The average molecular weight is 311 g/mol. The Hall–Kier alpha value is -1.11. The van der Waals surface area contributed by atoms with Crippen LogP contribution in [0.25, 0.3) is 0 Å². The summed E-state index contributed by atoms with van der Waals surface area (Å²) in [6, 6.07) is 7.14. The molecule has 1 saturated heterocycles. The van der Waals surface area contributed by atoms with Gasteiger partial charge in [-0.3, -0.25) is 0 Å². The van der Waals surface area contributed by atoms with Gasteiger partial charge in [0.1, 0.15) is 4.90 Å². The van der Waals surface area contributed by atoms with Crippen LogP contribution in [0.15, 0.2) is 29.2 Å². The molecule has 1 aliphatic heterocycles. The van der Waals surface area contributed by atoms with Crippen LogP contribution in [0.2, 0.25) is 0 Å². The monoisotopic (exact) mass is 311 g/mol. The van der Waals surface area contributed by atoms with E-state index >= 15 is 0 Å². The van der Waals surface area contributed by atoms with Crippen molar-refractivity contribution in [3.63, 3.8) is 0 Å². The van der Waals surface area contributed by atoms with Gasteiger partial charge in [-0.2, -0.15) is 4.31 Å². The topological polar surface area (TPSA) is 52.7 Å². The molecule has 1 aromatic rings. The van der Waals surface area contributed by atoms with Gasteiger partial charge < -0.3 is 10.2 Å². The summed E-state index contributed by atoms with van der Waals surface area (Å²) in [5, 5.41) is 2.98. The maximum absolute atomic E-state index is 13.1. The Morgan fingerprint density at radius 1 is 1.29 bits per heavy atom. The van der Waals surface area contributed by atoms with Crippen LogP contribution in [0.1, 0.15) is 19.8 Å². The molecule has 1 atom stereocenters. The van der Waals surface area contributed by atoms with E-state index in [2.05, 4.69) is 24.2 Å². The second-order valence-corrected chi connectivity index (χ2v) is 7.40. The number of rotatable bonds is 4. The third-order valence-corrected chi connectivity index (χ3v) is 6.07. The summed E-state index contributed by atoms with van der Waals surface area (Å²) in [5.74, 6) is 0. The Balaban J connectivity index is 2.41. The van der Waals surface area contributed by atoms with Crippen LogP contribution in [-0.2, 0) is 10.0 Å². The minimum Gasteiger partial charge on any atom is -0.387 e. The molecule has 1 N–H and O–H groups in total. The predicted octanol–water partition coefficient (Wildman–Crippen LogP) is 1.83. The third kappa shape index (κ3) is 3.39. The van der Waals surface area contributed by atoms with Gasteiger partial charge in [-0.05, 0) is 38.6 Å². The largest absolute Gasteiger partial charge is 0.387 e. The van der Waals surface area contributed by atoms with Crippen molar-refractivity contribution in [2.75, 3.05) is 39.0 Å². The number of likely N-dealkylation sites (N-methyl/N-ethyl adjacent to an activating group) is 1. The first-order chi connectivity index (χ1) is 10.0. The number of sulfonamides is 1. The van der Waals surface area contributed by atoms with Crippen molar-refractivity contribution in [2.45, 2.75) is 30.7 Å². The first kappa shape index (κ1) is 16.3. The van der Waals surface area contributed by atoms with E-state index in [1.54, 1.807) is 29.6 Å². The SMILES string of the molecule is CCC1CN(C)CCCN1S(=O)(=O)c1ccccc1NC. The molecule has 0 bridgehead atoms. The minimum atomic E-state index is -3.47. The molecule has 0 radical (unpaired) electrons. The number of para-hydroxylation sites is 1. The lowest BCUT2D eigenvalue weighted by atomic mass is 10.2. The summed E-state index contributed by atoms with van der Waals surface area (Å²) >= 11 is 0. The normalized spacial score (nSPS) is 22.0. The molecule has 0 aliphatic carbocycles. The molecule has 118 valence electrons. The number of nitrogens with zero attached hydrogens (tertiary/aromatic N) is 2. The summed E-state index contributed by atoms with van der Waals surface area (Å²) in [5.41, 5.74) is 0.657. The van der Waals surface area contributed by atoms with E-state index < -0.39 is 10.0 Å². The molecule has 21 heavy (non-hydrogen) atoms. The maximum atomic E-state index is 13.1. The van der Waals surface area contributed by atoms with Crippen molar-refractivity contribution in [3.05, 3.63) is 24.3 Å². The molecule has 6 heteroatoms. The van der Waals surface area contributed by atoms with Crippen LogP contribution in [0.5, 0.6) is 0 Å². The molecule has 0 spiro atoms. The maximum Gasteiger partial charge on any atom is 0.245 e. The Morgan fingerprint density at radius 3 is 2.67 bits per heavy atom. The van der Waals surface area contributed by atoms with Crippen LogP contribution >= 0.6 is 0 Å². The van der Waals surface area contributed by atoms with Gasteiger partial charge in [-0.25, -0.2) is 8.42 Å². The molecule has 2 rings (SSSR count). The van der Waals surface area contributed by atoms with Crippen molar-refractivity contribution in [2.24, 2.45) is 0 Å². The van der Waals surface area contributed by atoms with E-state index in [1.807, 2.05) is 6.07 Å². The molecule has 5 nitrogen and oxygen atoms in total. The van der Waals surface area contributed by atoms with Gasteiger partial charge in [0.05, 0.1) is 5.69 Å². The Bertz CT molecular complexity index is 574. The lowest BCUT2D eigenvalue weighted by molar-refractivity contribution is 0.270. The van der Waals surface area contributed by atoms with Gasteiger partial charge >= 0.3 is 0 Å². The van der Waals surface area contributed by atoms with E-state index in [-0.39, 0.29) is 6.04 Å². The van der Waals surface area contributed by atoms with Crippen LogP contribution in [-0.4, -0.2) is 57.4 Å². The summed E-state index contributed by atoms with van der Waals surface area (Å²) in [6.07, 6.45) is 1.69. The number of nitrogens with one attached hydrogen (secondary N) is 1. The van der Waals surface area contributed by atoms with Gasteiger partial charge in [-0.1, -0.05) is 19.1 Å². The first-order valence-corrected chi connectivity index (χ1v) is 8.92. The minimum absolute atomic E-state index is 0.0346. The molecular weight excluding hydrogens is 286 g/mol. The fourth-order valence-corrected chi connectivity index (χ4v) is 4.82. The zero-order chi connectivity index (χ0) is 15.5. The van der Waals surface area contributed by atoms with Crippen molar-refractivity contribution in [1.29, 1.82) is 0 Å². The van der Waals surface area contributed by atoms with Crippen molar-refractivity contribution in [1.82, 2.24) is 9.21 Å². The van der Waals surface area contributed by atoms with Crippen LogP contribution in [0, 0.1) is 0 Å². The van der Waals surface area contributed by atoms with E-state index in [4.69, 9.17) is 0 Å². The molecule has 1 fully saturated rings. The zero-order valence-electron chi connectivity index (χ0n) is 13.0. The third-order valence-electron chi connectivity index (χ3n) is 4.06. The van der Waals surface area contributed by atoms with Crippen LogP contribution < -0.4 is 5.32 Å². The molecular formula is C15H25N3O2S. The standard InChI is InChI=1S/C15H25N3O2S/c1-4-13-12-17(3)10-7-11-18(13)21(19,20)15-9-6-5-8-14(15)16-2/h5-6,8-9,13,16H,4,7,10-12H2,1-3H3. The lowest BCUT2D eigenvalue weighted by Gasteiger charge is -2.30. The molecule has 1 aliphatic rings. The summed E-state index contributed by atoms with van der Waals surface area (Å²) in [4.78, 5) is 2.59. The van der Waals surface area contributed by atoms with E-state index in [0.717, 1.165) is 25.9 Å². The number of anilines is 1. The zero-order valence-corrected chi connectivity index (χ0v) is 13.9. The van der Waals surface area contributed by atoms with Gasteiger partial charge in [0.2, 0.25) is 10.0 Å². The second-order valence-electron chi connectivity index (χ2n) is 5.54. The van der Waals surface area contributed by atoms with Gasteiger partial charge in [0.15, 0.2) is 0 Å². The quantitative estimate of drug-likeness (QED) is 0.922. The molecule has 0 saturated carbocycles. The summed E-state index contributed by atoms with van der Waals surface area (Å²) < 4.78 is 27.8. The fraction of sp³-hybridized carbons (Fsp3) is 0.600. The van der Waals surface area contributed by atoms with Gasteiger partial charge in [0.25, 0.3) is 0 Å². The molecule has 0 aromatic heterocycles. The highest BCUT2D eigenvalue weighted by molar-refractivity contribution is 7.89. The van der Waals surface area contributed by atoms with Crippen molar-refractivity contribution < 1.29 is 8.42 Å². The van der Waals surface area contributed by atoms with Crippen molar-refractivity contribution in [3.8, 4) is 0 Å². The Morgan fingerprint density at radius 2 is 2.00 bits per heavy atom. The summed E-state index contributed by atoms with van der Waals surface area (Å²) in [6.45, 7) is 4.37. The van der Waals surface area contributed by atoms with Gasteiger partial charge in [0, 0.05) is 26.2 Å². The molecule has 1 aromatic carbocycles. The van der Waals surface area contributed by atoms with Crippen LogP contribution in [0.3, 0.4) is 0 Å². The van der Waals surface area contributed by atoms with Crippen LogP contribution in [0.4, 0.5) is 5.69 Å². The van der Waals surface area contributed by atoms with Gasteiger partial charge in [-0.15, -0.1) is 0 Å². The predicted molar refractivity (Wildman–Crippen MR) is 86.1 cm³/mol. The Labute approximate surface area is 128 Å². The molecule has 0 amide bonds. The smallest absolute Gasteiger partial charge is 0.245 e. The number of hydrogen-bond donors (Lipinski definition) is 1. The Kier molecular flexibility index (Phi) is 5.24. The number of benzene rings is 1. The molecule has 1 unspecified atom stereocenters. The molecule has 1 heterocycles. The average Bonchev–Trinajstić information content (AvgIpc) is 2.68. The second kappa shape index (κ2) is 6.77. The van der Waals surface area contributed by atoms with E-state index in [0.29, 0.717) is 17.1 Å². The van der Waals surface area contributed by atoms with E-state index in [1.165, 1.54) is 0 Å². The van der Waals surface area contributed by atoms with E-state index in [9.17, 15) is 8.42 Å². The number of hydrogen-bond acceptors (Lipinski definition) is 4. The highest BCUT2D eigenvalue weighted by Crippen LogP contribution is 2.27. The summed E-state index contributed by atoms with van der Waals surface area (Å²) in [7, 11) is 0.339. The lowest BCUT2D eigenvalue weighted by Crippen LogP contribution is -2.43. The highest BCUT2D eigenvalue weighted by Gasteiger charge is 2.33. The van der Waals surface area contributed by atoms with Crippen molar-refractivity contribution >= 4 is 15.7 Å². The highest BCUT2D eigenvalue weighted by atomic mass is 32.2.